The summed E-state index contributed by atoms with van der Waals surface area (Å²) in [6.07, 6.45) is 0. The second-order valence-electron chi connectivity index (χ2n) is 6.87. The highest BCUT2D eigenvalue weighted by molar-refractivity contribution is 9.10. The van der Waals surface area contributed by atoms with Gasteiger partial charge in [-0.2, -0.15) is 0 Å². The molecule has 0 N–H and O–H groups in total. The van der Waals surface area contributed by atoms with E-state index in [1.54, 1.807) is 10.6 Å². The zero-order valence-corrected chi connectivity index (χ0v) is 17.9. The minimum Gasteiger partial charge on any atom is -0.287 e. The highest BCUT2D eigenvalue weighted by Gasteiger charge is 2.21. The number of nitrogens with zero attached hydrogens (tertiary/aromatic N) is 2. The molecule has 0 saturated heterocycles. The highest BCUT2D eigenvalue weighted by atomic mass is 79.9. The van der Waals surface area contributed by atoms with E-state index in [1.807, 2.05) is 54.6 Å². The molecule has 0 aliphatic carbocycles. The molecule has 5 rings (SSSR count). The molecule has 2 aromatic heterocycles. The maximum atomic E-state index is 14.7. The SMILES string of the molecule is O=c1c2sc3ccccc3c2n(Cc2ccccc2)c(=O)n1-c1ccc(Br)cc1F. The van der Waals surface area contributed by atoms with E-state index < -0.39 is 17.1 Å². The first-order valence-electron chi connectivity index (χ1n) is 9.21. The lowest BCUT2D eigenvalue weighted by molar-refractivity contribution is 0.606. The third-order valence-electron chi connectivity index (χ3n) is 4.99. The summed E-state index contributed by atoms with van der Waals surface area (Å²) >= 11 is 4.53. The van der Waals surface area contributed by atoms with Crippen molar-refractivity contribution in [2.24, 2.45) is 0 Å². The van der Waals surface area contributed by atoms with Crippen LogP contribution in [0.25, 0.3) is 26.0 Å². The first kappa shape index (κ1) is 19.0. The monoisotopic (exact) mass is 480 g/mol. The smallest absolute Gasteiger partial charge is 0.287 e. The van der Waals surface area contributed by atoms with Crippen molar-refractivity contribution in [2.45, 2.75) is 6.54 Å². The number of thiophene rings is 1. The van der Waals surface area contributed by atoms with Gasteiger partial charge >= 0.3 is 5.69 Å². The van der Waals surface area contributed by atoms with Crippen molar-refractivity contribution in [3.63, 3.8) is 0 Å². The number of rotatable bonds is 3. The van der Waals surface area contributed by atoms with Crippen molar-refractivity contribution in [3.05, 3.63) is 109 Å². The molecule has 2 heterocycles. The van der Waals surface area contributed by atoms with Gasteiger partial charge in [-0.05, 0) is 29.8 Å². The fourth-order valence-corrected chi connectivity index (χ4v) is 5.11. The van der Waals surface area contributed by atoms with Gasteiger partial charge in [-0.1, -0.05) is 64.5 Å². The fraction of sp³-hybridized carbons (Fsp3) is 0.0435. The largest absolute Gasteiger partial charge is 0.336 e. The summed E-state index contributed by atoms with van der Waals surface area (Å²) in [5, 5.41) is 0.839. The van der Waals surface area contributed by atoms with Gasteiger partial charge in [-0.3, -0.25) is 9.36 Å². The van der Waals surface area contributed by atoms with Crippen LogP contribution in [0, 0.1) is 5.82 Å². The molecule has 0 fully saturated rings. The van der Waals surface area contributed by atoms with Crippen LogP contribution in [0.2, 0.25) is 0 Å². The van der Waals surface area contributed by atoms with E-state index in [9.17, 15) is 14.0 Å². The summed E-state index contributed by atoms with van der Waals surface area (Å²) in [4.78, 5) is 26.9. The lowest BCUT2D eigenvalue weighted by atomic mass is 10.2. The van der Waals surface area contributed by atoms with Crippen molar-refractivity contribution in [3.8, 4) is 5.69 Å². The van der Waals surface area contributed by atoms with E-state index in [4.69, 9.17) is 0 Å². The Hall–Kier alpha value is -3.03. The molecule has 0 aliphatic heterocycles. The Balaban J connectivity index is 1.92. The molecule has 3 aromatic carbocycles. The van der Waals surface area contributed by atoms with E-state index >= 15 is 0 Å². The van der Waals surface area contributed by atoms with Crippen LogP contribution in [-0.4, -0.2) is 9.13 Å². The van der Waals surface area contributed by atoms with Crippen molar-refractivity contribution < 1.29 is 4.39 Å². The van der Waals surface area contributed by atoms with Crippen molar-refractivity contribution in [1.29, 1.82) is 0 Å². The third kappa shape index (κ3) is 3.02. The molecule has 0 bridgehead atoms. The maximum Gasteiger partial charge on any atom is 0.336 e. The first-order valence-corrected chi connectivity index (χ1v) is 10.8. The van der Waals surface area contributed by atoms with E-state index in [0.29, 0.717) is 14.7 Å². The highest BCUT2D eigenvalue weighted by Crippen LogP contribution is 2.31. The van der Waals surface area contributed by atoms with Gasteiger partial charge in [0, 0.05) is 14.6 Å². The van der Waals surface area contributed by atoms with Crippen LogP contribution in [0.5, 0.6) is 0 Å². The lowest BCUT2D eigenvalue weighted by Crippen LogP contribution is -2.39. The van der Waals surface area contributed by atoms with Crippen molar-refractivity contribution in [2.75, 3.05) is 0 Å². The van der Waals surface area contributed by atoms with E-state index in [0.717, 1.165) is 20.2 Å². The van der Waals surface area contributed by atoms with Gasteiger partial charge in [-0.25, -0.2) is 13.8 Å². The number of hydrogen-bond acceptors (Lipinski definition) is 3. The second kappa shape index (κ2) is 7.34. The van der Waals surface area contributed by atoms with Crippen LogP contribution < -0.4 is 11.2 Å². The molecule has 0 saturated carbocycles. The maximum absolute atomic E-state index is 14.7. The Morgan fingerprint density at radius 1 is 0.933 bits per heavy atom. The summed E-state index contributed by atoms with van der Waals surface area (Å²) in [7, 11) is 0. The summed E-state index contributed by atoms with van der Waals surface area (Å²) in [5.41, 5.74) is 0.359. The zero-order valence-electron chi connectivity index (χ0n) is 15.5. The van der Waals surface area contributed by atoms with Gasteiger partial charge in [0.2, 0.25) is 0 Å². The number of fused-ring (bicyclic) bond motifs is 3. The summed E-state index contributed by atoms with van der Waals surface area (Å²) in [5.74, 6) is -0.643. The van der Waals surface area contributed by atoms with Gasteiger partial charge < -0.3 is 0 Å². The minimum atomic E-state index is -0.643. The van der Waals surface area contributed by atoms with E-state index in [1.165, 1.54) is 23.5 Å². The number of hydrogen-bond donors (Lipinski definition) is 0. The Labute approximate surface area is 182 Å². The van der Waals surface area contributed by atoms with Gasteiger partial charge in [-0.15, -0.1) is 11.3 Å². The van der Waals surface area contributed by atoms with Gasteiger partial charge in [0.25, 0.3) is 5.56 Å². The fourth-order valence-electron chi connectivity index (χ4n) is 3.64. The van der Waals surface area contributed by atoms with E-state index in [-0.39, 0.29) is 12.2 Å². The Morgan fingerprint density at radius 3 is 2.43 bits per heavy atom. The molecule has 0 amide bonds. The average Bonchev–Trinajstić information content (AvgIpc) is 3.13. The quantitative estimate of drug-likeness (QED) is 0.350. The predicted molar refractivity (Wildman–Crippen MR) is 122 cm³/mol. The van der Waals surface area contributed by atoms with Crippen LogP contribution in [0.3, 0.4) is 0 Å². The number of aromatic nitrogens is 2. The van der Waals surface area contributed by atoms with Crippen LogP contribution in [-0.2, 0) is 6.54 Å². The molecule has 0 unspecified atom stereocenters. The molecule has 7 heteroatoms. The molecular formula is C23H14BrFN2O2S. The predicted octanol–water partition coefficient (Wildman–Crippen LogP) is 5.32. The lowest BCUT2D eigenvalue weighted by Gasteiger charge is -2.13. The topological polar surface area (TPSA) is 44.0 Å². The number of halogens is 2. The summed E-state index contributed by atoms with van der Waals surface area (Å²) in [6.45, 7) is 0.273. The molecular weight excluding hydrogens is 467 g/mol. The summed E-state index contributed by atoms with van der Waals surface area (Å²) < 4.78 is 19.1. The van der Waals surface area contributed by atoms with Crippen LogP contribution in [0.15, 0.2) is 86.9 Å². The first-order chi connectivity index (χ1) is 14.5. The minimum absolute atomic E-state index is 0.0608. The molecule has 0 spiro atoms. The zero-order chi connectivity index (χ0) is 20.8. The standard InChI is InChI=1S/C23H14BrFN2O2S/c24-15-10-11-18(17(25)12-15)27-22(28)21-20(16-8-4-5-9-19(16)30-21)26(23(27)29)13-14-6-2-1-3-7-14/h1-12H,13H2. The molecule has 4 nitrogen and oxygen atoms in total. The second-order valence-corrected chi connectivity index (χ2v) is 8.83. The van der Waals surface area contributed by atoms with Gasteiger partial charge in [0.05, 0.1) is 17.7 Å². The number of benzene rings is 3. The molecule has 0 atom stereocenters. The Bertz CT molecular complexity index is 1540. The molecule has 5 aromatic rings. The molecule has 148 valence electrons. The van der Waals surface area contributed by atoms with Crippen LogP contribution in [0.4, 0.5) is 4.39 Å². The normalized spacial score (nSPS) is 11.4. The van der Waals surface area contributed by atoms with Gasteiger partial charge in [0.1, 0.15) is 10.5 Å². The van der Waals surface area contributed by atoms with Gasteiger partial charge in [0.15, 0.2) is 0 Å². The van der Waals surface area contributed by atoms with Crippen LogP contribution >= 0.6 is 27.3 Å². The third-order valence-corrected chi connectivity index (χ3v) is 6.63. The Morgan fingerprint density at radius 2 is 1.67 bits per heavy atom. The van der Waals surface area contributed by atoms with E-state index in [2.05, 4.69) is 15.9 Å². The Kier molecular flexibility index (Phi) is 4.64. The van der Waals surface area contributed by atoms with Crippen molar-refractivity contribution in [1.82, 2.24) is 9.13 Å². The van der Waals surface area contributed by atoms with Crippen molar-refractivity contribution >= 4 is 47.6 Å². The molecule has 0 radical (unpaired) electrons. The average molecular weight is 481 g/mol. The van der Waals surface area contributed by atoms with Crippen LogP contribution in [0.1, 0.15) is 5.56 Å². The molecule has 0 aliphatic rings. The summed E-state index contributed by atoms with van der Waals surface area (Å²) in [6, 6.07) is 21.4. The molecule has 30 heavy (non-hydrogen) atoms.